The first kappa shape index (κ1) is 14.7. The van der Waals surface area contributed by atoms with Crippen LogP contribution in [0, 0.1) is 12.3 Å². The number of benzene rings is 1. The van der Waals surface area contributed by atoms with Crippen LogP contribution < -0.4 is 11.1 Å². The molecule has 1 aromatic rings. The number of nitrogens with one attached hydrogen (secondary N) is 1. The molecule has 0 bridgehead atoms. The van der Waals surface area contributed by atoms with Gasteiger partial charge in [-0.05, 0) is 30.9 Å². The highest BCUT2D eigenvalue weighted by Crippen LogP contribution is 2.21. The van der Waals surface area contributed by atoms with E-state index in [-0.39, 0.29) is 17.4 Å². The van der Waals surface area contributed by atoms with Crippen LogP contribution in [0.1, 0.15) is 39.2 Å². The molecule has 0 heterocycles. The largest absolute Gasteiger partial charge is 0.327 e. The summed E-state index contributed by atoms with van der Waals surface area (Å²) in [5, 5.41) is 2.87. The summed E-state index contributed by atoms with van der Waals surface area (Å²) in [5.41, 5.74) is 8.14. The lowest BCUT2D eigenvalue weighted by Gasteiger charge is -2.22. The molecule has 0 aliphatic rings. The maximum absolute atomic E-state index is 11.8. The van der Waals surface area contributed by atoms with Crippen LogP contribution in [0.3, 0.4) is 0 Å². The van der Waals surface area contributed by atoms with Gasteiger partial charge < -0.3 is 11.1 Å². The number of carbonyl (C=O) groups is 1. The molecule has 1 unspecified atom stereocenters. The zero-order valence-corrected chi connectivity index (χ0v) is 11.8. The number of anilines is 1. The molecule has 1 amide bonds. The first-order valence-electron chi connectivity index (χ1n) is 6.38. The van der Waals surface area contributed by atoms with Crippen LogP contribution in [-0.4, -0.2) is 11.9 Å². The molecule has 0 spiro atoms. The smallest absolute Gasteiger partial charge is 0.225 e. The Balaban J connectivity index is 2.44. The number of aryl methyl sites for hydroxylation is 1. The fourth-order valence-electron chi connectivity index (χ4n) is 1.95. The first-order chi connectivity index (χ1) is 8.26. The second-order valence-electron chi connectivity index (χ2n) is 6.14. The minimum atomic E-state index is -0.0875. The molecule has 1 aromatic carbocycles. The van der Waals surface area contributed by atoms with Crippen LogP contribution in [0.5, 0.6) is 0 Å². The van der Waals surface area contributed by atoms with Crippen molar-refractivity contribution in [3.05, 3.63) is 29.8 Å². The summed E-state index contributed by atoms with van der Waals surface area (Å²) in [4.78, 5) is 11.8. The van der Waals surface area contributed by atoms with E-state index in [4.69, 9.17) is 5.73 Å². The first-order valence-corrected chi connectivity index (χ1v) is 6.38. The Morgan fingerprint density at radius 1 is 1.28 bits per heavy atom. The molecule has 1 atom stereocenters. The van der Waals surface area contributed by atoms with E-state index in [1.54, 1.807) is 0 Å². The number of nitrogens with two attached hydrogens (primary N) is 1. The van der Waals surface area contributed by atoms with E-state index in [9.17, 15) is 4.79 Å². The molecule has 18 heavy (non-hydrogen) atoms. The van der Waals surface area contributed by atoms with Crippen molar-refractivity contribution in [2.75, 3.05) is 5.32 Å². The Labute approximate surface area is 110 Å². The van der Waals surface area contributed by atoms with E-state index in [1.807, 2.05) is 31.2 Å². The lowest BCUT2D eigenvalue weighted by atomic mass is 9.87. The number of carbonyl (C=O) groups excluding carboxylic acids is 1. The van der Waals surface area contributed by atoms with Gasteiger partial charge in [-0.1, -0.05) is 38.5 Å². The molecule has 0 fully saturated rings. The highest BCUT2D eigenvalue weighted by Gasteiger charge is 2.18. The second-order valence-corrected chi connectivity index (χ2v) is 6.14. The summed E-state index contributed by atoms with van der Waals surface area (Å²) in [7, 11) is 0. The minimum absolute atomic E-state index is 0.0180. The third kappa shape index (κ3) is 5.82. The van der Waals surface area contributed by atoms with Gasteiger partial charge in [-0.3, -0.25) is 4.79 Å². The van der Waals surface area contributed by atoms with Crippen molar-refractivity contribution < 1.29 is 4.79 Å². The van der Waals surface area contributed by atoms with Crippen molar-refractivity contribution in [3.8, 4) is 0 Å². The molecule has 3 nitrogen and oxygen atoms in total. The van der Waals surface area contributed by atoms with Gasteiger partial charge in [-0.25, -0.2) is 0 Å². The fraction of sp³-hybridized carbons (Fsp3) is 0.533. The van der Waals surface area contributed by atoms with E-state index in [1.165, 1.54) is 5.56 Å². The standard InChI is InChI=1S/C15H24N2O/c1-11-5-7-13(8-6-11)17-14(18)9-12(16)10-15(2,3)4/h5-8,12H,9-10,16H2,1-4H3,(H,17,18). The molecule has 3 N–H and O–H groups in total. The van der Waals surface area contributed by atoms with E-state index in [0.29, 0.717) is 6.42 Å². The van der Waals surface area contributed by atoms with E-state index in [2.05, 4.69) is 26.1 Å². The highest BCUT2D eigenvalue weighted by molar-refractivity contribution is 5.91. The Hall–Kier alpha value is -1.35. The molecule has 0 aliphatic heterocycles. The third-order valence-electron chi connectivity index (χ3n) is 2.66. The molecule has 0 saturated carbocycles. The maximum atomic E-state index is 11.8. The minimum Gasteiger partial charge on any atom is -0.327 e. The van der Waals surface area contributed by atoms with Gasteiger partial charge in [0.05, 0.1) is 0 Å². The molecule has 0 saturated heterocycles. The summed E-state index contributed by atoms with van der Waals surface area (Å²) in [6.45, 7) is 8.41. The molecule has 0 aliphatic carbocycles. The second kappa shape index (κ2) is 6.01. The van der Waals surface area contributed by atoms with Gasteiger partial charge in [0, 0.05) is 18.2 Å². The number of amides is 1. The Kier molecular flexibility index (Phi) is 4.91. The highest BCUT2D eigenvalue weighted by atomic mass is 16.1. The van der Waals surface area contributed by atoms with Crippen molar-refractivity contribution in [1.29, 1.82) is 0 Å². The van der Waals surface area contributed by atoms with Crippen LogP contribution >= 0.6 is 0 Å². The quantitative estimate of drug-likeness (QED) is 0.860. The summed E-state index contributed by atoms with van der Waals surface area (Å²) >= 11 is 0. The lowest BCUT2D eigenvalue weighted by molar-refractivity contribution is -0.116. The maximum Gasteiger partial charge on any atom is 0.225 e. The lowest BCUT2D eigenvalue weighted by Crippen LogP contribution is -2.31. The zero-order valence-electron chi connectivity index (χ0n) is 11.8. The van der Waals surface area contributed by atoms with E-state index >= 15 is 0 Å². The van der Waals surface area contributed by atoms with Gasteiger partial charge in [0.25, 0.3) is 0 Å². The molecule has 1 rings (SSSR count). The molecule has 0 aromatic heterocycles. The number of rotatable bonds is 4. The van der Waals surface area contributed by atoms with Crippen molar-refractivity contribution in [2.24, 2.45) is 11.1 Å². The normalized spacial score (nSPS) is 13.2. The predicted octanol–water partition coefficient (Wildman–Crippen LogP) is 3.09. The summed E-state index contributed by atoms with van der Waals surface area (Å²) in [6.07, 6.45) is 1.21. The van der Waals surface area contributed by atoms with E-state index < -0.39 is 0 Å². The molecular formula is C15H24N2O. The Bertz CT molecular complexity index is 390. The Morgan fingerprint density at radius 3 is 2.33 bits per heavy atom. The average Bonchev–Trinajstić information content (AvgIpc) is 2.18. The van der Waals surface area contributed by atoms with Crippen molar-refractivity contribution in [3.63, 3.8) is 0 Å². The molecular weight excluding hydrogens is 224 g/mol. The summed E-state index contributed by atoms with van der Waals surface area (Å²) < 4.78 is 0. The summed E-state index contributed by atoms with van der Waals surface area (Å²) in [5.74, 6) is -0.0180. The molecule has 3 heteroatoms. The zero-order chi connectivity index (χ0) is 13.8. The Morgan fingerprint density at radius 2 is 1.83 bits per heavy atom. The van der Waals surface area contributed by atoms with Crippen LogP contribution in [0.15, 0.2) is 24.3 Å². The SMILES string of the molecule is Cc1ccc(NC(=O)CC(N)CC(C)(C)C)cc1. The van der Waals surface area contributed by atoms with Gasteiger partial charge in [-0.15, -0.1) is 0 Å². The fourth-order valence-corrected chi connectivity index (χ4v) is 1.95. The van der Waals surface area contributed by atoms with Gasteiger partial charge in [0.2, 0.25) is 5.91 Å². The van der Waals surface area contributed by atoms with Crippen LogP contribution in [-0.2, 0) is 4.79 Å². The third-order valence-corrected chi connectivity index (χ3v) is 2.66. The molecule has 0 radical (unpaired) electrons. The average molecular weight is 248 g/mol. The van der Waals surface area contributed by atoms with Gasteiger partial charge in [0.1, 0.15) is 0 Å². The summed E-state index contributed by atoms with van der Waals surface area (Å²) in [6, 6.07) is 7.68. The van der Waals surface area contributed by atoms with Crippen LogP contribution in [0.2, 0.25) is 0 Å². The number of hydrogen-bond acceptors (Lipinski definition) is 2. The molecule has 100 valence electrons. The van der Waals surface area contributed by atoms with Crippen molar-refractivity contribution in [2.45, 2.75) is 46.6 Å². The van der Waals surface area contributed by atoms with E-state index in [0.717, 1.165) is 12.1 Å². The van der Waals surface area contributed by atoms with Crippen molar-refractivity contribution >= 4 is 11.6 Å². The monoisotopic (exact) mass is 248 g/mol. The van der Waals surface area contributed by atoms with Crippen LogP contribution in [0.25, 0.3) is 0 Å². The topological polar surface area (TPSA) is 55.1 Å². The van der Waals surface area contributed by atoms with Crippen LogP contribution in [0.4, 0.5) is 5.69 Å². The number of hydrogen-bond donors (Lipinski definition) is 2. The van der Waals surface area contributed by atoms with Gasteiger partial charge in [0.15, 0.2) is 0 Å². The van der Waals surface area contributed by atoms with Gasteiger partial charge >= 0.3 is 0 Å². The predicted molar refractivity (Wildman–Crippen MR) is 76.5 cm³/mol. The van der Waals surface area contributed by atoms with Crippen molar-refractivity contribution in [1.82, 2.24) is 0 Å². The van der Waals surface area contributed by atoms with Gasteiger partial charge in [-0.2, -0.15) is 0 Å².